The Labute approximate surface area is 218 Å². The van der Waals surface area contributed by atoms with Gasteiger partial charge in [0, 0.05) is 68.7 Å². The SMILES string of the molecule is CCn1cc([C@@H](CC(=O)N2CCN(C/C=C/c3ccccc3)CC2)c2cccc(F)c2)c2ccccc21. The molecule has 1 saturated heterocycles. The number of hydrogen-bond acceptors (Lipinski definition) is 2. The zero-order chi connectivity index (χ0) is 25.6. The monoisotopic (exact) mass is 495 g/mol. The van der Waals surface area contributed by atoms with Gasteiger partial charge in [0.15, 0.2) is 0 Å². The van der Waals surface area contributed by atoms with Crippen molar-refractivity contribution >= 4 is 22.9 Å². The lowest BCUT2D eigenvalue weighted by atomic mass is 9.87. The van der Waals surface area contributed by atoms with Crippen LogP contribution in [-0.2, 0) is 11.3 Å². The third-order valence-corrected chi connectivity index (χ3v) is 7.36. The summed E-state index contributed by atoms with van der Waals surface area (Å²) in [4.78, 5) is 17.9. The van der Waals surface area contributed by atoms with Crippen LogP contribution in [0, 0.1) is 5.82 Å². The highest BCUT2D eigenvalue weighted by Gasteiger charge is 2.27. The number of hydrogen-bond donors (Lipinski definition) is 0. The number of carbonyl (C=O) groups excluding carboxylic acids is 1. The van der Waals surface area contributed by atoms with Crippen molar-refractivity contribution in [1.82, 2.24) is 14.4 Å². The number of nitrogens with zero attached hydrogens (tertiary/aromatic N) is 3. The topological polar surface area (TPSA) is 28.5 Å². The minimum atomic E-state index is -0.272. The van der Waals surface area contributed by atoms with Crippen LogP contribution in [0.4, 0.5) is 4.39 Å². The molecule has 0 aliphatic carbocycles. The Morgan fingerprint density at radius 1 is 0.946 bits per heavy atom. The Balaban J connectivity index is 1.30. The molecule has 0 unspecified atom stereocenters. The van der Waals surface area contributed by atoms with Gasteiger partial charge in [0.2, 0.25) is 5.91 Å². The smallest absolute Gasteiger partial charge is 0.223 e. The second-order valence-corrected chi connectivity index (χ2v) is 9.69. The minimum absolute atomic E-state index is 0.127. The maximum Gasteiger partial charge on any atom is 0.223 e. The molecular formula is C32H34FN3O. The maximum absolute atomic E-state index is 14.3. The van der Waals surface area contributed by atoms with Crippen LogP contribution in [0.2, 0.25) is 0 Å². The largest absolute Gasteiger partial charge is 0.347 e. The second-order valence-electron chi connectivity index (χ2n) is 9.69. The van der Waals surface area contributed by atoms with E-state index in [0.29, 0.717) is 19.5 Å². The number of amides is 1. The summed E-state index contributed by atoms with van der Waals surface area (Å²) in [5, 5.41) is 1.13. The Kier molecular flexibility index (Phi) is 7.81. The zero-order valence-corrected chi connectivity index (χ0v) is 21.4. The van der Waals surface area contributed by atoms with Gasteiger partial charge in [-0.25, -0.2) is 4.39 Å². The molecule has 0 spiro atoms. The summed E-state index contributed by atoms with van der Waals surface area (Å²) in [7, 11) is 0. The van der Waals surface area contributed by atoms with E-state index in [1.807, 2.05) is 41.3 Å². The number of aromatic nitrogens is 1. The molecule has 37 heavy (non-hydrogen) atoms. The molecule has 5 rings (SSSR count). The van der Waals surface area contributed by atoms with Gasteiger partial charge in [-0.3, -0.25) is 9.69 Å². The van der Waals surface area contributed by atoms with Crippen molar-refractivity contribution in [3.8, 4) is 0 Å². The van der Waals surface area contributed by atoms with Crippen LogP contribution in [0.15, 0.2) is 91.1 Å². The molecule has 1 aliphatic rings. The van der Waals surface area contributed by atoms with Gasteiger partial charge in [0.05, 0.1) is 0 Å². The van der Waals surface area contributed by atoms with Crippen LogP contribution >= 0.6 is 0 Å². The Morgan fingerprint density at radius 2 is 1.70 bits per heavy atom. The number of aryl methyl sites for hydroxylation is 1. The van der Waals surface area contributed by atoms with E-state index in [1.165, 1.54) is 11.6 Å². The fourth-order valence-electron chi connectivity index (χ4n) is 5.33. The number of halogens is 1. The molecule has 1 aliphatic heterocycles. The molecular weight excluding hydrogens is 461 g/mol. The average molecular weight is 496 g/mol. The van der Waals surface area contributed by atoms with Crippen LogP contribution in [0.1, 0.15) is 36.0 Å². The molecule has 1 atom stereocenters. The molecule has 1 amide bonds. The van der Waals surface area contributed by atoms with Crippen molar-refractivity contribution in [3.63, 3.8) is 0 Å². The zero-order valence-electron chi connectivity index (χ0n) is 21.4. The van der Waals surface area contributed by atoms with Crippen LogP contribution < -0.4 is 0 Å². The fourth-order valence-corrected chi connectivity index (χ4v) is 5.33. The van der Waals surface area contributed by atoms with Gasteiger partial charge >= 0.3 is 0 Å². The van der Waals surface area contributed by atoms with E-state index in [2.05, 4.69) is 59.0 Å². The summed E-state index contributed by atoms with van der Waals surface area (Å²) < 4.78 is 16.5. The molecule has 1 aromatic heterocycles. The number of piperazine rings is 1. The number of para-hydroxylation sites is 1. The fraction of sp³-hybridized carbons (Fsp3) is 0.281. The number of carbonyl (C=O) groups is 1. The average Bonchev–Trinajstić information content (AvgIpc) is 3.31. The number of fused-ring (bicyclic) bond motifs is 1. The first kappa shape index (κ1) is 25.0. The first-order valence-corrected chi connectivity index (χ1v) is 13.2. The maximum atomic E-state index is 14.3. The predicted octanol–water partition coefficient (Wildman–Crippen LogP) is 6.18. The van der Waals surface area contributed by atoms with E-state index < -0.39 is 0 Å². The van der Waals surface area contributed by atoms with E-state index in [0.717, 1.165) is 48.2 Å². The summed E-state index contributed by atoms with van der Waals surface area (Å²) >= 11 is 0. The summed E-state index contributed by atoms with van der Waals surface area (Å²) in [5.74, 6) is -0.346. The van der Waals surface area contributed by atoms with Crippen molar-refractivity contribution in [2.24, 2.45) is 0 Å². The van der Waals surface area contributed by atoms with Gasteiger partial charge in [-0.15, -0.1) is 0 Å². The Hall–Kier alpha value is -3.70. The first-order valence-electron chi connectivity index (χ1n) is 13.2. The lowest BCUT2D eigenvalue weighted by Crippen LogP contribution is -2.48. The molecule has 4 nitrogen and oxygen atoms in total. The molecule has 1 fully saturated rings. The van der Waals surface area contributed by atoms with E-state index in [1.54, 1.807) is 12.1 Å². The van der Waals surface area contributed by atoms with Crippen molar-refractivity contribution < 1.29 is 9.18 Å². The van der Waals surface area contributed by atoms with Crippen LogP contribution in [0.5, 0.6) is 0 Å². The van der Waals surface area contributed by atoms with Crippen molar-refractivity contribution in [1.29, 1.82) is 0 Å². The van der Waals surface area contributed by atoms with E-state index in [-0.39, 0.29) is 17.6 Å². The highest BCUT2D eigenvalue weighted by Crippen LogP contribution is 2.35. The van der Waals surface area contributed by atoms with Crippen molar-refractivity contribution in [3.05, 3.63) is 114 Å². The third-order valence-electron chi connectivity index (χ3n) is 7.36. The van der Waals surface area contributed by atoms with Crippen LogP contribution in [0.25, 0.3) is 17.0 Å². The summed E-state index contributed by atoms with van der Waals surface area (Å²) in [6.07, 6.45) is 6.81. The highest BCUT2D eigenvalue weighted by molar-refractivity contribution is 5.86. The normalized spacial score (nSPS) is 15.5. The lowest BCUT2D eigenvalue weighted by Gasteiger charge is -2.35. The quantitative estimate of drug-likeness (QED) is 0.292. The number of benzene rings is 3. The summed E-state index contributed by atoms with van der Waals surface area (Å²) in [6.45, 7) is 6.96. The van der Waals surface area contributed by atoms with Crippen molar-refractivity contribution in [2.75, 3.05) is 32.7 Å². The molecule has 2 heterocycles. The predicted molar refractivity (Wildman–Crippen MR) is 149 cm³/mol. The summed E-state index contributed by atoms with van der Waals surface area (Å²) in [5.41, 5.74) is 4.27. The molecule has 190 valence electrons. The molecule has 0 saturated carbocycles. The van der Waals surface area contributed by atoms with Gasteiger partial charge < -0.3 is 9.47 Å². The Morgan fingerprint density at radius 3 is 2.46 bits per heavy atom. The van der Waals surface area contributed by atoms with Crippen LogP contribution in [-0.4, -0.2) is 53.0 Å². The highest BCUT2D eigenvalue weighted by atomic mass is 19.1. The van der Waals surface area contributed by atoms with Gasteiger partial charge in [0.1, 0.15) is 5.82 Å². The lowest BCUT2D eigenvalue weighted by molar-refractivity contribution is -0.133. The molecule has 5 heteroatoms. The van der Waals surface area contributed by atoms with E-state index in [9.17, 15) is 9.18 Å². The van der Waals surface area contributed by atoms with Gasteiger partial charge in [-0.2, -0.15) is 0 Å². The summed E-state index contributed by atoms with van der Waals surface area (Å²) in [6, 6.07) is 25.3. The first-order chi connectivity index (χ1) is 18.1. The van der Waals surface area contributed by atoms with Gasteiger partial charge in [0.25, 0.3) is 0 Å². The minimum Gasteiger partial charge on any atom is -0.347 e. The van der Waals surface area contributed by atoms with Gasteiger partial charge in [-0.1, -0.05) is 72.8 Å². The number of rotatable bonds is 8. The molecule has 0 bridgehead atoms. The third kappa shape index (κ3) is 5.83. The standard InChI is InChI=1S/C32H34FN3O/c1-2-35-24-30(28-15-6-7-16-31(28)35)29(26-13-8-14-27(33)22-26)23-32(37)36-20-18-34(19-21-36)17-9-12-25-10-4-3-5-11-25/h3-16,22,24,29H,2,17-21,23H2,1H3/b12-9+/t29-/m0/s1. The van der Waals surface area contributed by atoms with E-state index >= 15 is 0 Å². The van der Waals surface area contributed by atoms with Crippen molar-refractivity contribution in [2.45, 2.75) is 25.8 Å². The molecule has 0 N–H and O–H groups in total. The molecule has 0 radical (unpaired) electrons. The van der Waals surface area contributed by atoms with E-state index in [4.69, 9.17) is 0 Å². The molecule has 4 aromatic rings. The second kappa shape index (κ2) is 11.6. The Bertz CT molecular complexity index is 1370. The molecule has 3 aromatic carbocycles. The van der Waals surface area contributed by atoms with Gasteiger partial charge in [-0.05, 0) is 41.8 Å². The van der Waals surface area contributed by atoms with Crippen LogP contribution in [0.3, 0.4) is 0 Å².